The van der Waals surface area contributed by atoms with Crippen LogP contribution < -0.4 is 37.3 Å². The van der Waals surface area contributed by atoms with Crippen LogP contribution >= 0.6 is 0 Å². The molecule has 224 valence electrons. The highest BCUT2D eigenvalue weighted by atomic mass is 14.9. The zero-order valence-corrected chi connectivity index (χ0v) is 28.5. The minimum Gasteiger partial charge on any atom is -0.201 e. The fourth-order valence-electron chi connectivity index (χ4n) is 8.29. The molecule has 1 aliphatic rings. The summed E-state index contributed by atoms with van der Waals surface area (Å²) in [5.74, 6) is 0. The first-order valence-electron chi connectivity index (χ1n) is 16.6. The topological polar surface area (TPSA) is 3.88 Å². The SMILES string of the molecule is Cc1cc(-c2ccc3c(c2C)B(c2c(C)cccc2C)c2ccccc2B3c2c(C)cc(-c3ccccc3)cc2C)[n+](C)cc1C. The maximum absolute atomic E-state index is 2.46. The second-order valence-corrected chi connectivity index (χ2v) is 13.6. The number of aryl methyl sites for hydroxylation is 7. The van der Waals surface area contributed by atoms with Crippen LogP contribution in [0.3, 0.4) is 0 Å². The van der Waals surface area contributed by atoms with Gasteiger partial charge in [-0.3, -0.25) is 0 Å². The first-order valence-corrected chi connectivity index (χ1v) is 16.6. The summed E-state index contributed by atoms with van der Waals surface area (Å²) in [5.41, 5.74) is 23.1. The third-order valence-corrected chi connectivity index (χ3v) is 10.6. The Kier molecular flexibility index (Phi) is 7.60. The molecule has 7 rings (SSSR count). The molecule has 2 heterocycles. The molecule has 0 unspecified atom stereocenters. The van der Waals surface area contributed by atoms with E-state index in [1.807, 2.05) is 0 Å². The van der Waals surface area contributed by atoms with Crippen LogP contribution in [0.15, 0.2) is 109 Å². The molecule has 3 heteroatoms. The van der Waals surface area contributed by atoms with Crippen LogP contribution in [-0.4, -0.2) is 13.4 Å². The van der Waals surface area contributed by atoms with E-state index in [9.17, 15) is 0 Å². The third kappa shape index (κ3) is 4.85. The molecule has 1 nitrogen and oxygen atoms in total. The van der Waals surface area contributed by atoms with E-state index in [1.54, 1.807) is 0 Å². The lowest BCUT2D eigenvalue weighted by Gasteiger charge is -2.36. The molecule has 0 N–H and O–H groups in total. The van der Waals surface area contributed by atoms with E-state index in [0.29, 0.717) is 0 Å². The van der Waals surface area contributed by atoms with Crippen molar-refractivity contribution < 1.29 is 4.57 Å². The summed E-state index contributed by atoms with van der Waals surface area (Å²) in [6.07, 6.45) is 2.27. The van der Waals surface area contributed by atoms with E-state index in [4.69, 9.17) is 0 Å². The molecule has 0 atom stereocenters. The number of benzene rings is 5. The molecule has 0 radical (unpaired) electrons. The first-order chi connectivity index (χ1) is 22.2. The highest BCUT2D eigenvalue weighted by Crippen LogP contribution is 2.24. The van der Waals surface area contributed by atoms with Gasteiger partial charge in [0.05, 0.1) is 0 Å². The molecule has 0 aliphatic carbocycles. The van der Waals surface area contributed by atoms with Gasteiger partial charge in [0.2, 0.25) is 19.1 Å². The summed E-state index contributed by atoms with van der Waals surface area (Å²) < 4.78 is 2.30. The van der Waals surface area contributed by atoms with Gasteiger partial charge in [-0.05, 0) is 76.8 Å². The van der Waals surface area contributed by atoms with E-state index in [-0.39, 0.29) is 13.4 Å². The average Bonchev–Trinajstić information content (AvgIpc) is 3.04. The van der Waals surface area contributed by atoms with Gasteiger partial charge in [-0.2, -0.15) is 0 Å². The van der Waals surface area contributed by atoms with Gasteiger partial charge in [0.25, 0.3) is 0 Å². The van der Waals surface area contributed by atoms with Crippen LogP contribution in [0.4, 0.5) is 0 Å². The van der Waals surface area contributed by atoms with Crippen molar-refractivity contribution in [2.75, 3.05) is 0 Å². The van der Waals surface area contributed by atoms with Gasteiger partial charge in [0.1, 0.15) is 7.05 Å². The lowest BCUT2D eigenvalue weighted by molar-refractivity contribution is -0.660. The molecule has 0 saturated carbocycles. The third-order valence-electron chi connectivity index (χ3n) is 10.6. The van der Waals surface area contributed by atoms with Crippen molar-refractivity contribution in [1.82, 2.24) is 0 Å². The Hall–Kier alpha value is -4.62. The Balaban J connectivity index is 1.55. The predicted octanol–water partition coefficient (Wildman–Crippen LogP) is 5.35. The maximum Gasteiger partial charge on any atom is 0.241 e. The van der Waals surface area contributed by atoms with E-state index < -0.39 is 0 Å². The van der Waals surface area contributed by atoms with Gasteiger partial charge in [-0.1, -0.05) is 146 Å². The molecule has 0 saturated heterocycles. The van der Waals surface area contributed by atoms with Crippen LogP contribution in [0.2, 0.25) is 0 Å². The number of fused-ring (bicyclic) bond motifs is 2. The average molecular weight is 594 g/mol. The molecule has 5 aromatic carbocycles. The number of rotatable bonds is 4. The molecule has 46 heavy (non-hydrogen) atoms. The normalized spacial score (nSPS) is 12.3. The van der Waals surface area contributed by atoms with Gasteiger partial charge in [0, 0.05) is 17.2 Å². The highest BCUT2D eigenvalue weighted by Gasteiger charge is 2.42. The van der Waals surface area contributed by atoms with Crippen LogP contribution in [-0.2, 0) is 7.05 Å². The summed E-state index contributed by atoms with van der Waals surface area (Å²) in [5, 5.41) is 0. The van der Waals surface area contributed by atoms with Crippen molar-refractivity contribution in [2.45, 2.75) is 48.5 Å². The van der Waals surface area contributed by atoms with Crippen molar-refractivity contribution in [3.05, 3.63) is 148 Å². The number of pyridine rings is 1. The summed E-state index contributed by atoms with van der Waals surface area (Å²) in [6, 6.07) is 38.8. The smallest absolute Gasteiger partial charge is 0.201 e. The maximum atomic E-state index is 2.46. The van der Waals surface area contributed by atoms with Crippen LogP contribution in [0.5, 0.6) is 0 Å². The van der Waals surface area contributed by atoms with Gasteiger partial charge in [-0.25, -0.2) is 4.57 Å². The summed E-state index contributed by atoms with van der Waals surface area (Å²) in [4.78, 5) is 0. The van der Waals surface area contributed by atoms with Gasteiger partial charge >= 0.3 is 0 Å². The standard InChI is InChI=1S/C43H42B2N/c1-27-15-14-16-28(2)41(27)45-38-20-13-12-19-37(38)44(42-30(4)23-35(24-31(42)5)34-17-10-9-11-18-34)39-22-21-36(33(7)43(39)45)40-25-29(3)32(6)26-46(40)8/h9-26H,1-8H3/q+1. The minimum atomic E-state index is 0.151. The Bertz CT molecular complexity index is 2100. The molecule has 0 bridgehead atoms. The van der Waals surface area contributed by atoms with Crippen molar-refractivity contribution in [1.29, 1.82) is 0 Å². The Morgan fingerprint density at radius 2 is 1.02 bits per heavy atom. The number of aromatic nitrogens is 1. The molecule has 0 amide bonds. The Morgan fingerprint density at radius 1 is 0.435 bits per heavy atom. The number of hydrogen-bond donors (Lipinski definition) is 0. The summed E-state index contributed by atoms with van der Waals surface area (Å²) >= 11 is 0. The van der Waals surface area contributed by atoms with E-state index >= 15 is 0 Å². The van der Waals surface area contributed by atoms with Crippen molar-refractivity contribution in [3.8, 4) is 22.4 Å². The molecule has 6 aromatic rings. The molecule has 0 spiro atoms. The quantitative estimate of drug-likeness (QED) is 0.191. The molecular formula is C43H42B2N+. The molecule has 1 aromatic heterocycles. The predicted molar refractivity (Wildman–Crippen MR) is 200 cm³/mol. The van der Waals surface area contributed by atoms with Crippen molar-refractivity contribution in [2.24, 2.45) is 7.05 Å². The summed E-state index contributed by atoms with van der Waals surface area (Å²) in [7, 11) is 2.18. The molecule has 1 aliphatic heterocycles. The Labute approximate surface area is 276 Å². The highest BCUT2D eigenvalue weighted by molar-refractivity contribution is 7.11. The zero-order valence-electron chi connectivity index (χ0n) is 28.5. The number of hydrogen-bond acceptors (Lipinski definition) is 0. The second-order valence-electron chi connectivity index (χ2n) is 13.6. The fraction of sp³-hybridized carbons (Fsp3) is 0.186. The molecular weight excluding hydrogens is 552 g/mol. The zero-order chi connectivity index (χ0) is 32.3. The van der Waals surface area contributed by atoms with Gasteiger partial charge in [0.15, 0.2) is 6.20 Å². The fourth-order valence-corrected chi connectivity index (χ4v) is 8.29. The Morgan fingerprint density at radius 3 is 1.67 bits per heavy atom. The molecule has 0 fully saturated rings. The van der Waals surface area contributed by atoms with Crippen LogP contribution in [0.25, 0.3) is 22.4 Å². The van der Waals surface area contributed by atoms with Crippen molar-refractivity contribution in [3.63, 3.8) is 0 Å². The number of nitrogens with zero attached hydrogens (tertiary/aromatic N) is 1. The lowest BCUT2D eigenvalue weighted by Crippen LogP contribution is -2.76. The van der Waals surface area contributed by atoms with E-state index in [1.165, 1.54) is 94.1 Å². The van der Waals surface area contributed by atoms with E-state index in [2.05, 4.69) is 169 Å². The first kappa shape index (κ1) is 30.1. The monoisotopic (exact) mass is 594 g/mol. The lowest BCUT2D eigenvalue weighted by atomic mass is 9.20. The summed E-state index contributed by atoms with van der Waals surface area (Å²) in [6.45, 7) is 16.3. The van der Waals surface area contributed by atoms with Crippen LogP contribution in [0, 0.1) is 48.5 Å². The second kappa shape index (κ2) is 11.6. The minimum absolute atomic E-state index is 0.151. The van der Waals surface area contributed by atoms with E-state index in [0.717, 1.165) is 0 Å². The van der Waals surface area contributed by atoms with Gasteiger partial charge < -0.3 is 0 Å². The van der Waals surface area contributed by atoms with Gasteiger partial charge in [-0.15, -0.1) is 0 Å². The van der Waals surface area contributed by atoms with Crippen LogP contribution in [0.1, 0.15) is 38.9 Å². The largest absolute Gasteiger partial charge is 0.241 e. The van der Waals surface area contributed by atoms with Crippen molar-refractivity contribution >= 4 is 46.2 Å².